The lowest BCUT2D eigenvalue weighted by Crippen LogP contribution is -2.44. The number of amides is 1. The van der Waals surface area contributed by atoms with Crippen molar-refractivity contribution >= 4 is 23.5 Å². The number of carbonyl (C=O) groups is 1. The molecule has 0 aromatic carbocycles. The Morgan fingerprint density at radius 2 is 2.47 bits per heavy atom. The van der Waals surface area contributed by atoms with Gasteiger partial charge in [0.15, 0.2) is 0 Å². The number of anilines is 1. The largest absolute Gasteiger partial charge is 0.369 e. The Balaban J connectivity index is 2.17. The van der Waals surface area contributed by atoms with Crippen LogP contribution in [0.1, 0.15) is 30.6 Å². The molecule has 4 nitrogen and oxygen atoms in total. The van der Waals surface area contributed by atoms with Gasteiger partial charge in [0.1, 0.15) is 5.82 Å². The molecule has 0 bridgehead atoms. The lowest BCUT2D eigenvalue weighted by molar-refractivity contribution is 0.0716. The van der Waals surface area contributed by atoms with Crippen molar-refractivity contribution in [2.75, 3.05) is 29.9 Å². The number of rotatable bonds is 4. The average molecular weight is 279 g/mol. The molecule has 1 aliphatic heterocycles. The van der Waals surface area contributed by atoms with E-state index in [1.165, 1.54) is 0 Å². The lowest BCUT2D eigenvalue weighted by Gasteiger charge is -2.33. The fraction of sp³-hybridized carbons (Fsp3) is 0.571. The van der Waals surface area contributed by atoms with Crippen molar-refractivity contribution in [3.05, 3.63) is 23.9 Å². The van der Waals surface area contributed by atoms with E-state index in [0.29, 0.717) is 17.4 Å². The molecule has 1 aromatic rings. The van der Waals surface area contributed by atoms with Gasteiger partial charge in [-0.25, -0.2) is 4.98 Å². The van der Waals surface area contributed by atoms with Gasteiger partial charge in [-0.1, -0.05) is 6.92 Å². The van der Waals surface area contributed by atoms with Crippen molar-refractivity contribution in [2.45, 2.75) is 26.3 Å². The molecule has 2 heterocycles. The van der Waals surface area contributed by atoms with Gasteiger partial charge in [0.2, 0.25) is 0 Å². The van der Waals surface area contributed by atoms with Gasteiger partial charge in [-0.3, -0.25) is 4.79 Å². The zero-order valence-corrected chi connectivity index (χ0v) is 12.4. The van der Waals surface area contributed by atoms with Crippen molar-refractivity contribution in [1.82, 2.24) is 9.88 Å². The van der Waals surface area contributed by atoms with E-state index in [2.05, 4.69) is 24.1 Å². The molecule has 1 saturated heterocycles. The Kier molecular flexibility index (Phi) is 5.07. The summed E-state index contributed by atoms with van der Waals surface area (Å²) in [7, 11) is 0. The second-order valence-corrected chi connectivity index (χ2v) is 5.90. The summed E-state index contributed by atoms with van der Waals surface area (Å²) in [6, 6.07) is 3.99. The van der Waals surface area contributed by atoms with Gasteiger partial charge in [-0.2, -0.15) is 11.8 Å². The number of hydrogen-bond acceptors (Lipinski definition) is 4. The van der Waals surface area contributed by atoms with E-state index < -0.39 is 0 Å². The number of carbonyl (C=O) groups excluding carboxylic acids is 1. The van der Waals surface area contributed by atoms with Crippen molar-refractivity contribution < 1.29 is 4.79 Å². The minimum Gasteiger partial charge on any atom is -0.369 e. The molecule has 1 atom stereocenters. The number of aromatic nitrogens is 1. The van der Waals surface area contributed by atoms with Crippen LogP contribution in [0, 0.1) is 0 Å². The van der Waals surface area contributed by atoms with Gasteiger partial charge < -0.3 is 10.2 Å². The summed E-state index contributed by atoms with van der Waals surface area (Å²) in [4.78, 5) is 18.9. The van der Waals surface area contributed by atoms with Gasteiger partial charge in [0, 0.05) is 36.8 Å². The summed E-state index contributed by atoms with van der Waals surface area (Å²) in [5.74, 6) is 2.84. The van der Waals surface area contributed by atoms with Crippen LogP contribution in [0.2, 0.25) is 0 Å². The highest BCUT2D eigenvalue weighted by atomic mass is 32.2. The molecule has 1 unspecified atom stereocenters. The highest BCUT2D eigenvalue weighted by Crippen LogP contribution is 2.21. The third kappa shape index (κ3) is 3.41. The SMILES string of the molecule is CCCNc1ncccc1C(=O)N1CCSCC1C. The second-order valence-electron chi connectivity index (χ2n) is 4.75. The summed E-state index contributed by atoms with van der Waals surface area (Å²) < 4.78 is 0. The van der Waals surface area contributed by atoms with Crippen molar-refractivity contribution in [1.29, 1.82) is 0 Å². The Morgan fingerprint density at radius 1 is 1.63 bits per heavy atom. The summed E-state index contributed by atoms with van der Waals surface area (Å²) >= 11 is 1.91. The third-order valence-corrected chi connectivity index (χ3v) is 4.40. The van der Waals surface area contributed by atoms with Crippen molar-refractivity contribution in [3.63, 3.8) is 0 Å². The quantitative estimate of drug-likeness (QED) is 0.919. The van der Waals surface area contributed by atoms with Crippen LogP contribution in [0.15, 0.2) is 18.3 Å². The first-order chi connectivity index (χ1) is 9.24. The molecular weight excluding hydrogens is 258 g/mol. The maximum absolute atomic E-state index is 12.6. The Hall–Kier alpha value is -1.23. The van der Waals surface area contributed by atoms with Crippen LogP contribution >= 0.6 is 11.8 Å². The molecule has 1 aliphatic rings. The van der Waals surface area contributed by atoms with E-state index in [-0.39, 0.29) is 5.91 Å². The number of pyridine rings is 1. The second kappa shape index (κ2) is 6.80. The van der Waals surface area contributed by atoms with Gasteiger partial charge in [0.25, 0.3) is 5.91 Å². The van der Waals surface area contributed by atoms with E-state index >= 15 is 0 Å². The maximum atomic E-state index is 12.6. The monoisotopic (exact) mass is 279 g/mol. The molecule has 19 heavy (non-hydrogen) atoms. The molecule has 2 rings (SSSR count). The Bertz CT molecular complexity index is 438. The summed E-state index contributed by atoms with van der Waals surface area (Å²) in [6.07, 6.45) is 2.74. The normalized spacial score (nSPS) is 19.3. The molecule has 5 heteroatoms. The number of nitrogens with zero attached hydrogens (tertiary/aromatic N) is 2. The minimum absolute atomic E-state index is 0.0968. The van der Waals surface area contributed by atoms with Crippen LogP contribution < -0.4 is 5.32 Å². The number of hydrogen-bond donors (Lipinski definition) is 1. The van der Waals surface area contributed by atoms with E-state index in [1.807, 2.05) is 28.8 Å². The van der Waals surface area contributed by atoms with E-state index in [4.69, 9.17) is 0 Å². The first-order valence-corrected chi connectivity index (χ1v) is 7.97. The molecule has 1 amide bonds. The van der Waals surface area contributed by atoms with Gasteiger partial charge >= 0.3 is 0 Å². The Labute approximate surface area is 119 Å². The van der Waals surface area contributed by atoms with E-state index in [0.717, 1.165) is 31.0 Å². The van der Waals surface area contributed by atoms with Crippen molar-refractivity contribution in [2.24, 2.45) is 0 Å². The molecule has 1 aromatic heterocycles. The fourth-order valence-corrected chi connectivity index (χ4v) is 3.16. The predicted octanol–water partition coefficient (Wildman–Crippen LogP) is 2.48. The number of nitrogens with one attached hydrogen (secondary N) is 1. The zero-order chi connectivity index (χ0) is 13.7. The van der Waals surface area contributed by atoms with Crippen LogP contribution in [0.5, 0.6) is 0 Å². The minimum atomic E-state index is 0.0968. The van der Waals surface area contributed by atoms with E-state index in [9.17, 15) is 4.79 Å². The number of thioether (sulfide) groups is 1. The zero-order valence-electron chi connectivity index (χ0n) is 11.6. The van der Waals surface area contributed by atoms with Crippen LogP contribution in [-0.2, 0) is 0 Å². The topological polar surface area (TPSA) is 45.2 Å². The lowest BCUT2D eigenvalue weighted by atomic mass is 10.2. The van der Waals surface area contributed by atoms with Crippen LogP contribution in [0.4, 0.5) is 5.82 Å². The van der Waals surface area contributed by atoms with Crippen LogP contribution in [-0.4, -0.2) is 46.4 Å². The van der Waals surface area contributed by atoms with Gasteiger partial charge in [-0.05, 0) is 25.5 Å². The molecule has 0 saturated carbocycles. The van der Waals surface area contributed by atoms with Crippen molar-refractivity contribution in [3.8, 4) is 0 Å². The smallest absolute Gasteiger partial charge is 0.257 e. The standard InChI is InChI=1S/C14H21N3OS/c1-3-6-15-13-12(5-4-7-16-13)14(18)17-8-9-19-10-11(17)2/h4-5,7,11H,3,6,8-10H2,1-2H3,(H,15,16). The highest BCUT2D eigenvalue weighted by molar-refractivity contribution is 7.99. The predicted molar refractivity (Wildman–Crippen MR) is 80.8 cm³/mol. The molecule has 104 valence electrons. The summed E-state index contributed by atoms with van der Waals surface area (Å²) in [5.41, 5.74) is 0.690. The first-order valence-electron chi connectivity index (χ1n) is 6.81. The van der Waals surface area contributed by atoms with Gasteiger partial charge in [-0.15, -0.1) is 0 Å². The molecule has 1 fully saturated rings. The first kappa shape index (κ1) is 14.2. The van der Waals surface area contributed by atoms with Crippen LogP contribution in [0.25, 0.3) is 0 Å². The van der Waals surface area contributed by atoms with E-state index in [1.54, 1.807) is 6.20 Å². The van der Waals surface area contributed by atoms with Gasteiger partial charge in [0.05, 0.1) is 5.56 Å². The fourth-order valence-electron chi connectivity index (χ4n) is 2.15. The molecule has 1 N–H and O–H groups in total. The summed E-state index contributed by atoms with van der Waals surface area (Å²) in [6.45, 7) is 5.87. The summed E-state index contributed by atoms with van der Waals surface area (Å²) in [5, 5.41) is 3.23. The average Bonchev–Trinajstić information content (AvgIpc) is 2.45. The third-order valence-electron chi connectivity index (χ3n) is 3.21. The van der Waals surface area contributed by atoms with Crippen LogP contribution in [0.3, 0.4) is 0 Å². The molecular formula is C14H21N3OS. The molecule has 0 spiro atoms. The molecule has 0 radical (unpaired) electrons. The maximum Gasteiger partial charge on any atom is 0.257 e. The Morgan fingerprint density at radius 3 is 3.21 bits per heavy atom. The highest BCUT2D eigenvalue weighted by Gasteiger charge is 2.26. The molecule has 0 aliphatic carbocycles.